The van der Waals surface area contributed by atoms with Crippen molar-refractivity contribution in [2.24, 2.45) is 11.3 Å². The molecule has 1 unspecified atom stereocenters. The normalized spacial score (nSPS) is 22.9. The smallest absolute Gasteiger partial charge is 0.00192 e. The van der Waals surface area contributed by atoms with Crippen LogP contribution in [0.3, 0.4) is 0 Å². The lowest BCUT2D eigenvalue weighted by Crippen LogP contribution is -2.42. The lowest BCUT2D eigenvalue weighted by Gasteiger charge is -2.39. The number of rotatable bonds is 6. The average molecular weight is 240 g/mol. The van der Waals surface area contributed by atoms with Gasteiger partial charge in [-0.2, -0.15) is 0 Å². The maximum atomic E-state index is 3.54. The molecule has 1 saturated heterocycles. The monoisotopic (exact) mass is 240 g/mol. The minimum Gasteiger partial charge on any atom is -0.314 e. The fraction of sp³-hybridized carbons (Fsp3) is 1.00. The van der Waals surface area contributed by atoms with Crippen LogP contribution in [-0.4, -0.2) is 37.1 Å². The topological polar surface area (TPSA) is 15.3 Å². The molecule has 0 aromatic carbocycles. The van der Waals surface area contributed by atoms with Gasteiger partial charge < -0.3 is 10.2 Å². The van der Waals surface area contributed by atoms with Crippen molar-refractivity contribution < 1.29 is 0 Å². The van der Waals surface area contributed by atoms with Crippen molar-refractivity contribution in [3.8, 4) is 0 Å². The molecule has 1 atom stereocenters. The Bertz CT molecular complexity index is 205. The Balaban J connectivity index is 2.21. The molecule has 1 aliphatic rings. The lowest BCUT2D eigenvalue weighted by molar-refractivity contribution is 0.103. The highest BCUT2D eigenvalue weighted by atomic mass is 15.1. The highest BCUT2D eigenvalue weighted by molar-refractivity contribution is 4.82. The van der Waals surface area contributed by atoms with Gasteiger partial charge in [0.25, 0.3) is 0 Å². The van der Waals surface area contributed by atoms with Gasteiger partial charge in [-0.05, 0) is 43.8 Å². The van der Waals surface area contributed by atoms with Gasteiger partial charge in [0, 0.05) is 12.6 Å². The third kappa shape index (κ3) is 5.39. The van der Waals surface area contributed by atoms with Crippen LogP contribution in [0.5, 0.6) is 0 Å². The first-order valence-electron chi connectivity index (χ1n) is 7.41. The molecule has 1 rings (SSSR count). The van der Waals surface area contributed by atoms with Gasteiger partial charge in [0.15, 0.2) is 0 Å². The molecule has 1 N–H and O–H groups in total. The van der Waals surface area contributed by atoms with Crippen molar-refractivity contribution in [1.29, 1.82) is 0 Å². The zero-order chi connectivity index (χ0) is 12.9. The van der Waals surface area contributed by atoms with Crippen molar-refractivity contribution in [2.45, 2.75) is 59.9 Å². The summed E-state index contributed by atoms with van der Waals surface area (Å²) in [5.41, 5.74) is 0.621. The van der Waals surface area contributed by atoms with Crippen LogP contribution in [-0.2, 0) is 0 Å². The van der Waals surface area contributed by atoms with Gasteiger partial charge >= 0.3 is 0 Å². The Morgan fingerprint density at radius 3 is 2.24 bits per heavy atom. The molecule has 2 heteroatoms. The summed E-state index contributed by atoms with van der Waals surface area (Å²) in [4.78, 5) is 2.66. The molecule has 0 aromatic rings. The number of hydrogen-bond donors (Lipinski definition) is 1. The predicted molar refractivity (Wildman–Crippen MR) is 76.4 cm³/mol. The molecule has 0 aliphatic carbocycles. The second-order valence-electron chi connectivity index (χ2n) is 6.63. The Kier molecular flexibility index (Phi) is 5.94. The molecule has 0 amide bonds. The Hall–Kier alpha value is -0.0800. The van der Waals surface area contributed by atoms with Crippen LogP contribution in [0.1, 0.15) is 53.9 Å². The van der Waals surface area contributed by atoms with E-state index in [9.17, 15) is 0 Å². The van der Waals surface area contributed by atoms with E-state index in [0.717, 1.165) is 12.5 Å². The van der Waals surface area contributed by atoms with Gasteiger partial charge in [0.1, 0.15) is 0 Å². The van der Waals surface area contributed by atoms with Crippen molar-refractivity contribution in [3.63, 3.8) is 0 Å². The largest absolute Gasteiger partial charge is 0.314 e. The summed E-state index contributed by atoms with van der Waals surface area (Å²) in [6.07, 6.45) is 4.10. The van der Waals surface area contributed by atoms with Crippen LogP contribution in [0.2, 0.25) is 0 Å². The van der Waals surface area contributed by atoms with E-state index in [1.165, 1.54) is 38.9 Å². The summed E-state index contributed by atoms with van der Waals surface area (Å²) in [5, 5.41) is 3.54. The van der Waals surface area contributed by atoms with Crippen LogP contribution in [0.15, 0.2) is 0 Å². The van der Waals surface area contributed by atoms with Gasteiger partial charge in [-0.25, -0.2) is 0 Å². The lowest BCUT2D eigenvalue weighted by atomic mass is 9.78. The molecular weight excluding hydrogens is 208 g/mol. The van der Waals surface area contributed by atoms with Crippen LogP contribution >= 0.6 is 0 Å². The van der Waals surface area contributed by atoms with Crippen LogP contribution in [0.25, 0.3) is 0 Å². The highest BCUT2D eigenvalue weighted by Crippen LogP contribution is 2.33. The van der Waals surface area contributed by atoms with Gasteiger partial charge in [0.2, 0.25) is 0 Å². The minimum absolute atomic E-state index is 0.613. The van der Waals surface area contributed by atoms with E-state index in [0.29, 0.717) is 11.5 Å². The molecule has 1 heterocycles. The summed E-state index contributed by atoms with van der Waals surface area (Å²) in [6, 6.07) is 0.613. The molecule has 0 saturated carbocycles. The quantitative estimate of drug-likeness (QED) is 0.767. The molecular formula is C15H32N2. The maximum absolute atomic E-state index is 3.54. The first kappa shape index (κ1) is 15.0. The third-order valence-electron chi connectivity index (χ3n) is 4.36. The third-order valence-corrected chi connectivity index (χ3v) is 4.36. The number of likely N-dealkylation sites (tertiary alicyclic amines) is 1. The molecule has 17 heavy (non-hydrogen) atoms. The number of piperidine rings is 1. The van der Waals surface area contributed by atoms with E-state index >= 15 is 0 Å². The van der Waals surface area contributed by atoms with Crippen LogP contribution in [0.4, 0.5) is 0 Å². The molecule has 0 radical (unpaired) electrons. The number of nitrogens with zero attached hydrogens (tertiary/aromatic N) is 1. The summed E-state index contributed by atoms with van der Waals surface area (Å²) in [5.74, 6) is 0.767. The Labute approximate surface area is 108 Å². The SMILES string of the molecule is CCC1(C)CCN(CC(C)CNC(C)C)CC1. The number of nitrogens with one attached hydrogen (secondary N) is 1. The second kappa shape index (κ2) is 6.75. The molecule has 1 aliphatic heterocycles. The molecule has 0 aromatic heterocycles. The summed E-state index contributed by atoms with van der Waals surface area (Å²) < 4.78 is 0. The second-order valence-corrected chi connectivity index (χ2v) is 6.63. The van der Waals surface area contributed by atoms with E-state index in [2.05, 4.69) is 44.8 Å². The fourth-order valence-electron chi connectivity index (χ4n) is 2.57. The van der Waals surface area contributed by atoms with Crippen LogP contribution in [0, 0.1) is 11.3 Å². The average Bonchev–Trinajstić information content (AvgIpc) is 2.30. The minimum atomic E-state index is 0.613. The van der Waals surface area contributed by atoms with Gasteiger partial charge in [-0.3, -0.25) is 0 Å². The van der Waals surface area contributed by atoms with Crippen molar-refractivity contribution in [2.75, 3.05) is 26.2 Å². The standard InChI is InChI=1S/C15H32N2/c1-6-15(5)7-9-17(10-8-15)12-14(4)11-16-13(2)3/h13-14,16H,6-12H2,1-5H3. The van der Waals surface area contributed by atoms with Gasteiger partial charge in [0.05, 0.1) is 0 Å². The van der Waals surface area contributed by atoms with Crippen LogP contribution < -0.4 is 5.32 Å². The van der Waals surface area contributed by atoms with E-state index in [4.69, 9.17) is 0 Å². The molecule has 102 valence electrons. The van der Waals surface area contributed by atoms with E-state index in [1.54, 1.807) is 0 Å². The highest BCUT2D eigenvalue weighted by Gasteiger charge is 2.28. The molecule has 1 fully saturated rings. The van der Waals surface area contributed by atoms with E-state index in [1.807, 2.05) is 0 Å². The van der Waals surface area contributed by atoms with Gasteiger partial charge in [-0.1, -0.05) is 41.0 Å². The fourth-order valence-corrected chi connectivity index (χ4v) is 2.57. The summed E-state index contributed by atoms with van der Waals surface area (Å²) >= 11 is 0. The number of hydrogen-bond acceptors (Lipinski definition) is 2. The van der Waals surface area contributed by atoms with E-state index < -0.39 is 0 Å². The predicted octanol–water partition coefficient (Wildman–Crippen LogP) is 3.13. The van der Waals surface area contributed by atoms with Gasteiger partial charge in [-0.15, -0.1) is 0 Å². The first-order chi connectivity index (χ1) is 7.95. The zero-order valence-electron chi connectivity index (χ0n) is 12.6. The molecule has 0 spiro atoms. The maximum Gasteiger partial charge on any atom is 0.00192 e. The van der Waals surface area contributed by atoms with Crippen molar-refractivity contribution in [1.82, 2.24) is 10.2 Å². The Morgan fingerprint density at radius 1 is 1.18 bits per heavy atom. The summed E-state index contributed by atoms with van der Waals surface area (Å²) in [6.45, 7) is 16.6. The molecule has 0 bridgehead atoms. The first-order valence-corrected chi connectivity index (χ1v) is 7.41. The zero-order valence-corrected chi connectivity index (χ0v) is 12.6. The Morgan fingerprint density at radius 2 is 1.76 bits per heavy atom. The van der Waals surface area contributed by atoms with Crippen molar-refractivity contribution in [3.05, 3.63) is 0 Å². The van der Waals surface area contributed by atoms with E-state index in [-0.39, 0.29) is 0 Å². The summed E-state index contributed by atoms with van der Waals surface area (Å²) in [7, 11) is 0. The van der Waals surface area contributed by atoms with Crippen molar-refractivity contribution >= 4 is 0 Å². The molecule has 2 nitrogen and oxygen atoms in total.